The first kappa shape index (κ1) is 17.0. The van der Waals surface area contributed by atoms with Gasteiger partial charge in [0.25, 0.3) is 0 Å². The maximum Gasteiger partial charge on any atom is 0.333 e. The van der Waals surface area contributed by atoms with Gasteiger partial charge in [-0.05, 0) is 64.7 Å². The van der Waals surface area contributed by atoms with Crippen LogP contribution in [0.3, 0.4) is 0 Å². The topological polar surface area (TPSA) is 52.6 Å². The minimum atomic E-state index is -0.519. The summed E-state index contributed by atoms with van der Waals surface area (Å²) in [5.41, 5.74) is -0.147. The van der Waals surface area contributed by atoms with Crippen molar-refractivity contribution in [3.05, 3.63) is 12.2 Å². The molecule has 4 unspecified atom stereocenters. The third-order valence-corrected chi connectivity index (χ3v) is 4.67. The van der Waals surface area contributed by atoms with Crippen LogP contribution < -0.4 is 0 Å². The van der Waals surface area contributed by atoms with E-state index in [0.29, 0.717) is 11.5 Å². The van der Waals surface area contributed by atoms with Crippen LogP contribution in [0.25, 0.3) is 0 Å². The van der Waals surface area contributed by atoms with Gasteiger partial charge in [-0.3, -0.25) is 4.79 Å². The highest BCUT2D eigenvalue weighted by molar-refractivity contribution is 5.87. The maximum atomic E-state index is 12.1. The quantitative estimate of drug-likeness (QED) is 0.575. The molecule has 2 saturated carbocycles. The van der Waals surface area contributed by atoms with Gasteiger partial charge in [-0.25, -0.2) is 4.79 Å². The summed E-state index contributed by atoms with van der Waals surface area (Å²) in [6, 6.07) is 0. The Morgan fingerprint density at radius 2 is 1.91 bits per heavy atom. The molecule has 0 saturated heterocycles. The van der Waals surface area contributed by atoms with Gasteiger partial charge in [0, 0.05) is 5.57 Å². The number of hydrogen-bond acceptors (Lipinski definition) is 4. The van der Waals surface area contributed by atoms with E-state index in [1.807, 2.05) is 20.8 Å². The SMILES string of the molecule is C=C(C)C(=O)OC(CC(=O)OC(C)(C)C)C1CC2CCC1C2. The van der Waals surface area contributed by atoms with E-state index in [4.69, 9.17) is 9.47 Å². The molecule has 0 aromatic rings. The van der Waals surface area contributed by atoms with Crippen molar-refractivity contribution >= 4 is 11.9 Å². The Labute approximate surface area is 133 Å². The van der Waals surface area contributed by atoms with Gasteiger partial charge in [0.05, 0.1) is 6.42 Å². The van der Waals surface area contributed by atoms with Gasteiger partial charge >= 0.3 is 11.9 Å². The molecule has 0 N–H and O–H groups in total. The van der Waals surface area contributed by atoms with Crippen LogP contribution >= 0.6 is 0 Å². The third kappa shape index (κ3) is 4.34. The Kier molecular flexibility index (Phi) is 4.98. The zero-order valence-electron chi connectivity index (χ0n) is 14.2. The van der Waals surface area contributed by atoms with Gasteiger partial charge in [0.1, 0.15) is 11.7 Å². The molecular formula is C18H28O4. The second kappa shape index (κ2) is 6.43. The Bertz CT molecular complexity index is 460. The van der Waals surface area contributed by atoms with Crippen LogP contribution in [0.15, 0.2) is 12.2 Å². The molecule has 4 heteroatoms. The Hall–Kier alpha value is -1.32. The maximum absolute atomic E-state index is 12.1. The average Bonchev–Trinajstić information content (AvgIpc) is 2.97. The lowest BCUT2D eigenvalue weighted by Gasteiger charge is -2.30. The zero-order valence-corrected chi connectivity index (χ0v) is 14.2. The van der Waals surface area contributed by atoms with Crippen LogP contribution in [0.5, 0.6) is 0 Å². The van der Waals surface area contributed by atoms with Crippen molar-refractivity contribution in [1.29, 1.82) is 0 Å². The number of carbonyl (C=O) groups excluding carboxylic acids is 2. The molecule has 0 heterocycles. The molecule has 22 heavy (non-hydrogen) atoms. The average molecular weight is 308 g/mol. The number of ether oxygens (including phenoxy) is 2. The monoisotopic (exact) mass is 308 g/mol. The van der Waals surface area contributed by atoms with Gasteiger partial charge in [0.2, 0.25) is 0 Å². The summed E-state index contributed by atoms with van der Waals surface area (Å²) in [5.74, 6) is 0.899. The minimum Gasteiger partial charge on any atom is -0.460 e. The normalized spacial score (nSPS) is 28.3. The van der Waals surface area contributed by atoms with Gasteiger partial charge in [-0.15, -0.1) is 0 Å². The summed E-state index contributed by atoms with van der Waals surface area (Å²) >= 11 is 0. The fourth-order valence-electron chi connectivity index (χ4n) is 3.82. The third-order valence-electron chi connectivity index (χ3n) is 4.67. The smallest absolute Gasteiger partial charge is 0.333 e. The lowest BCUT2D eigenvalue weighted by atomic mass is 9.83. The van der Waals surface area contributed by atoms with Crippen LogP contribution in [0.2, 0.25) is 0 Å². The van der Waals surface area contributed by atoms with E-state index < -0.39 is 11.6 Å². The van der Waals surface area contributed by atoms with Crippen LogP contribution in [0, 0.1) is 17.8 Å². The van der Waals surface area contributed by atoms with Crippen LogP contribution in [-0.2, 0) is 19.1 Å². The highest BCUT2D eigenvalue weighted by atomic mass is 16.6. The summed E-state index contributed by atoms with van der Waals surface area (Å²) < 4.78 is 11.0. The summed E-state index contributed by atoms with van der Waals surface area (Å²) in [6.07, 6.45) is 4.49. The van der Waals surface area contributed by atoms with Crippen LogP contribution in [0.1, 0.15) is 59.8 Å². The molecule has 2 aliphatic rings. The standard InChI is InChI=1S/C18H28O4/c1-11(2)17(20)21-15(10-16(19)22-18(3,4)5)14-9-12-6-7-13(14)8-12/h12-15H,1,6-10H2,2-5H3. The van der Waals surface area contributed by atoms with Crippen molar-refractivity contribution in [2.75, 3.05) is 0 Å². The first-order chi connectivity index (χ1) is 10.2. The molecular weight excluding hydrogens is 280 g/mol. The van der Waals surface area contributed by atoms with Gasteiger partial charge in [0.15, 0.2) is 0 Å². The highest BCUT2D eigenvalue weighted by Crippen LogP contribution is 2.50. The number of carbonyl (C=O) groups is 2. The largest absolute Gasteiger partial charge is 0.460 e. The Morgan fingerprint density at radius 3 is 2.36 bits per heavy atom. The highest BCUT2D eigenvalue weighted by Gasteiger charge is 2.45. The van der Waals surface area contributed by atoms with E-state index in [0.717, 1.165) is 12.3 Å². The number of fused-ring (bicyclic) bond motifs is 2. The lowest BCUT2D eigenvalue weighted by molar-refractivity contribution is -0.163. The molecule has 2 bridgehead atoms. The number of hydrogen-bond donors (Lipinski definition) is 0. The first-order valence-electron chi connectivity index (χ1n) is 8.24. The lowest BCUT2D eigenvalue weighted by Crippen LogP contribution is -2.35. The van der Waals surface area contributed by atoms with Crippen molar-refractivity contribution in [1.82, 2.24) is 0 Å². The predicted octanol–water partition coefficient (Wildman–Crippen LogP) is 3.64. The molecule has 2 rings (SSSR count). The molecule has 4 atom stereocenters. The molecule has 0 aromatic carbocycles. The van der Waals surface area contributed by atoms with E-state index in [2.05, 4.69) is 6.58 Å². The van der Waals surface area contributed by atoms with Crippen molar-refractivity contribution in [3.8, 4) is 0 Å². The summed E-state index contributed by atoms with van der Waals surface area (Å²) in [4.78, 5) is 24.1. The molecule has 124 valence electrons. The van der Waals surface area contributed by atoms with E-state index in [1.165, 1.54) is 19.3 Å². The van der Waals surface area contributed by atoms with Crippen molar-refractivity contribution in [3.63, 3.8) is 0 Å². The van der Waals surface area contributed by atoms with Gasteiger partial charge < -0.3 is 9.47 Å². The van der Waals surface area contributed by atoms with Crippen molar-refractivity contribution < 1.29 is 19.1 Å². The predicted molar refractivity (Wildman–Crippen MR) is 84.1 cm³/mol. The summed E-state index contributed by atoms with van der Waals surface area (Å²) in [6.45, 7) is 10.8. The first-order valence-corrected chi connectivity index (χ1v) is 8.24. The molecule has 0 amide bonds. The Morgan fingerprint density at radius 1 is 1.23 bits per heavy atom. The number of esters is 2. The zero-order chi connectivity index (χ0) is 16.5. The molecule has 0 spiro atoms. The fraction of sp³-hybridized carbons (Fsp3) is 0.778. The molecule has 0 aliphatic heterocycles. The number of rotatable bonds is 5. The van der Waals surface area contributed by atoms with Gasteiger partial charge in [-0.1, -0.05) is 13.0 Å². The summed E-state index contributed by atoms with van der Waals surface area (Å²) in [5, 5.41) is 0. The second-order valence-electron chi connectivity index (χ2n) is 7.85. The summed E-state index contributed by atoms with van der Waals surface area (Å²) in [7, 11) is 0. The minimum absolute atomic E-state index is 0.143. The van der Waals surface area contributed by atoms with E-state index in [-0.39, 0.29) is 24.4 Å². The Balaban J connectivity index is 2.03. The van der Waals surface area contributed by atoms with Crippen molar-refractivity contribution in [2.45, 2.75) is 71.5 Å². The fourth-order valence-corrected chi connectivity index (χ4v) is 3.82. The molecule has 0 radical (unpaired) electrons. The molecule has 2 fully saturated rings. The van der Waals surface area contributed by atoms with E-state index in [1.54, 1.807) is 6.92 Å². The molecule has 2 aliphatic carbocycles. The second-order valence-corrected chi connectivity index (χ2v) is 7.85. The van der Waals surface area contributed by atoms with E-state index >= 15 is 0 Å². The molecule has 0 aromatic heterocycles. The van der Waals surface area contributed by atoms with Crippen LogP contribution in [0.4, 0.5) is 0 Å². The van der Waals surface area contributed by atoms with Crippen molar-refractivity contribution in [2.24, 2.45) is 17.8 Å². The van der Waals surface area contributed by atoms with E-state index in [9.17, 15) is 9.59 Å². The van der Waals surface area contributed by atoms with Crippen LogP contribution in [-0.4, -0.2) is 23.6 Å². The van der Waals surface area contributed by atoms with Gasteiger partial charge in [-0.2, -0.15) is 0 Å². The molecule has 4 nitrogen and oxygen atoms in total.